The molecule has 0 bridgehead atoms. The highest BCUT2D eigenvalue weighted by molar-refractivity contribution is 5.47. The fraction of sp³-hybridized carbons (Fsp3) is 0.571. The van der Waals surface area contributed by atoms with Gasteiger partial charge in [-0.25, -0.2) is 0 Å². The smallest absolute Gasteiger partial charge is 0.123 e. The van der Waals surface area contributed by atoms with Crippen LogP contribution in [-0.4, -0.2) is 36.3 Å². The fourth-order valence-electron chi connectivity index (χ4n) is 1.80. The summed E-state index contributed by atoms with van der Waals surface area (Å²) in [7, 11) is 2.03. The number of nitrogen functional groups attached to an aromatic ring is 1. The quantitative estimate of drug-likeness (QED) is 0.727. The van der Waals surface area contributed by atoms with E-state index in [1.54, 1.807) is 6.92 Å². The second-order valence-electron chi connectivity index (χ2n) is 4.68. The van der Waals surface area contributed by atoms with Crippen LogP contribution in [0.5, 0.6) is 5.75 Å². The zero-order valence-corrected chi connectivity index (χ0v) is 11.5. The van der Waals surface area contributed by atoms with Gasteiger partial charge in [0.25, 0.3) is 0 Å². The Hall–Kier alpha value is -1.26. The molecule has 1 unspecified atom stereocenters. The summed E-state index contributed by atoms with van der Waals surface area (Å²) in [5, 5.41) is 9.28. The second-order valence-corrected chi connectivity index (χ2v) is 4.68. The van der Waals surface area contributed by atoms with E-state index >= 15 is 0 Å². The predicted molar refractivity (Wildman–Crippen MR) is 74.7 cm³/mol. The van der Waals surface area contributed by atoms with Gasteiger partial charge in [0.2, 0.25) is 0 Å². The Morgan fingerprint density at radius 2 is 2.17 bits per heavy atom. The molecule has 1 rings (SSSR count). The molecule has 0 aliphatic carbocycles. The number of ether oxygens (including phenoxy) is 1. The number of nitrogens with two attached hydrogens (primary N) is 1. The van der Waals surface area contributed by atoms with Crippen molar-refractivity contribution >= 4 is 5.69 Å². The predicted octanol–water partition coefficient (Wildman–Crippen LogP) is 1.87. The first-order chi connectivity index (χ1) is 8.52. The van der Waals surface area contributed by atoms with Gasteiger partial charge in [0.1, 0.15) is 5.75 Å². The van der Waals surface area contributed by atoms with Crippen LogP contribution in [0.1, 0.15) is 25.8 Å². The average molecular weight is 252 g/mol. The minimum absolute atomic E-state index is 0.264. The largest absolute Gasteiger partial charge is 0.494 e. The molecule has 18 heavy (non-hydrogen) atoms. The number of hydrogen-bond acceptors (Lipinski definition) is 4. The lowest BCUT2D eigenvalue weighted by Crippen LogP contribution is -2.22. The molecule has 1 aromatic carbocycles. The van der Waals surface area contributed by atoms with E-state index in [0.29, 0.717) is 6.61 Å². The summed E-state index contributed by atoms with van der Waals surface area (Å²) in [4.78, 5) is 2.16. The standard InChI is InChI=1S/C14H24N2O2/c1-4-18-14-6-5-13(15)9-12(14)10-16(3)8-7-11(2)17/h5-6,9,11,17H,4,7-8,10,15H2,1-3H3. The van der Waals surface area contributed by atoms with E-state index < -0.39 is 0 Å². The summed E-state index contributed by atoms with van der Waals surface area (Å²) in [5.41, 5.74) is 7.64. The zero-order valence-electron chi connectivity index (χ0n) is 11.5. The van der Waals surface area contributed by atoms with Crippen LogP contribution in [0.2, 0.25) is 0 Å². The molecule has 4 nitrogen and oxygen atoms in total. The lowest BCUT2D eigenvalue weighted by Gasteiger charge is -2.19. The third-order valence-electron chi connectivity index (χ3n) is 2.75. The number of rotatable bonds is 7. The number of anilines is 1. The molecular weight excluding hydrogens is 228 g/mol. The summed E-state index contributed by atoms with van der Waals surface area (Å²) in [6.45, 7) is 6.04. The molecule has 0 radical (unpaired) electrons. The van der Waals surface area contributed by atoms with E-state index in [-0.39, 0.29) is 6.10 Å². The van der Waals surface area contributed by atoms with E-state index in [1.165, 1.54) is 0 Å². The molecule has 0 saturated carbocycles. The van der Waals surface area contributed by atoms with E-state index in [1.807, 2.05) is 32.2 Å². The highest BCUT2D eigenvalue weighted by Gasteiger charge is 2.08. The maximum atomic E-state index is 9.28. The first-order valence-electron chi connectivity index (χ1n) is 6.40. The molecule has 0 aromatic heterocycles. The summed E-state index contributed by atoms with van der Waals surface area (Å²) in [5.74, 6) is 0.885. The Kier molecular flexibility index (Phi) is 5.95. The highest BCUT2D eigenvalue weighted by atomic mass is 16.5. The van der Waals surface area contributed by atoms with Gasteiger partial charge in [0.15, 0.2) is 0 Å². The fourth-order valence-corrected chi connectivity index (χ4v) is 1.80. The van der Waals surface area contributed by atoms with Gasteiger partial charge >= 0.3 is 0 Å². The Balaban J connectivity index is 2.66. The van der Waals surface area contributed by atoms with Gasteiger partial charge in [-0.05, 0) is 45.5 Å². The van der Waals surface area contributed by atoms with Crippen LogP contribution in [0.3, 0.4) is 0 Å². The van der Waals surface area contributed by atoms with Crippen molar-refractivity contribution in [3.8, 4) is 5.75 Å². The number of aliphatic hydroxyl groups is 1. The maximum absolute atomic E-state index is 9.28. The summed E-state index contributed by atoms with van der Waals surface area (Å²) in [6.07, 6.45) is 0.502. The number of benzene rings is 1. The average Bonchev–Trinajstić information content (AvgIpc) is 2.30. The molecule has 0 fully saturated rings. The van der Waals surface area contributed by atoms with Crippen molar-refractivity contribution in [1.29, 1.82) is 0 Å². The Morgan fingerprint density at radius 3 is 2.78 bits per heavy atom. The van der Waals surface area contributed by atoms with Crippen molar-refractivity contribution in [3.63, 3.8) is 0 Å². The van der Waals surface area contributed by atoms with Crippen LogP contribution < -0.4 is 10.5 Å². The van der Waals surface area contributed by atoms with E-state index in [0.717, 1.165) is 36.5 Å². The van der Waals surface area contributed by atoms with Crippen LogP contribution in [0, 0.1) is 0 Å². The molecule has 4 heteroatoms. The topological polar surface area (TPSA) is 58.7 Å². The Bertz CT molecular complexity index is 367. The van der Waals surface area contributed by atoms with Gasteiger partial charge in [0, 0.05) is 24.3 Å². The molecule has 0 saturated heterocycles. The van der Waals surface area contributed by atoms with Gasteiger partial charge in [-0.3, -0.25) is 0 Å². The van der Waals surface area contributed by atoms with E-state index in [9.17, 15) is 5.11 Å². The van der Waals surface area contributed by atoms with Crippen LogP contribution in [0.15, 0.2) is 18.2 Å². The van der Waals surface area contributed by atoms with Crippen LogP contribution in [0.25, 0.3) is 0 Å². The lowest BCUT2D eigenvalue weighted by atomic mass is 10.1. The number of aliphatic hydroxyl groups excluding tert-OH is 1. The van der Waals surface area contributed by atoms with Gasteiger partial charge in [-0.1, -0.05) is 0 Å². The summed E-state index contributed by atoms with van der Waals surface area (Å²) < 4.78 is 5.59. The van der Waals surface area contributed by atoms with Crippen LogP contribution in [0.4, 0.5) is 5.69 Å². The van der Waals surface area contributed by atoms with Gasteiger partial charge in [-0.2, -0.15) is 0 Å². The second kappa shape index (κ2) is 7.24. The number of hydrogen-bond donors (Lipinski definition) is 2. The first kappa shape index (κ1) is 14.8. The third kappa shape index (κ3) is 4.94. The molecule has 102 valence electrons. The van der Waals surface area contributed by atoms with Crippen LogP contribution in [-0.2, 0) is 6.54 Å². The maximum Gasteiger partial charge on any atom is 0.123 e. The van der Waals surface area contributed by atoms with Crippen molar-refractivity contribution in [2.45, 2.75) is 32.9 Å². The van der Waals surface area contributed by atoms with Crippen molar-refractivity contribution in [3.05, 3.63) is 23.8 Å². The van der Waals surface area contributed by atoms with E-state index in [2.05, 4.69) is 4.90 Å². The molecule has 0 aliphatic heterocycles. The van der Waals surface area contributed by atoms with E-state index in [4.69, 9.17) is 10.5 Å². The molecule has 0 spiro atoms. The summed E-state index contributed by atoms with van der Waals surface area (Å²) in [6, 6.07) is 5.71. The normalized spacial score (nSPS) is 12.7. The van der Waals surface area contributed by atoms with Gasteiger partial charge in [-0.15, -0.1) is 0 Å². The van der Waals surface area contributed by atoms with Crippen LogP contribution >= 0.6 is 0 Å². The van der Waals surface area contributed by atoms with Crippen molar-refractivity contribution < 1.29 is 9.84 Å². The van der Waals surface area contributed by atoms with Crippen molar-refractivity contribution in [2.24, 2.45) is 0 Å². The third-order valence-corrected chi connectivity index (χ3v) is 2.75. The molecular formula is C14H24N2O2. The zero-order chi connectivity index (χ0) is 13.5. The molecule has 0 heterocycles. The lowest BCUT2D eigenvalue weighted by molar-refractivity contribution is 0.162. The summed E-state index contributed by atoms with van der Waals surface area (Å²) >= 11 is 0. The Labute approximate surface area is 109 Å². The minimum atomic E-state index is -0.264. The van der Waals surface area contributed by atoms with Crippen molar-refractivity contribution in [1.82, 2.24) is 4.90 Å². The monoisotopic (exact) mass is 252 g/mol. The number of nitrogens with zero attached hydrogens (tertiary/aromatic N) is 1. The molecule has 0 aliphatic rings. The highest BCUT2D eigenvalue weighted by Crippen LogP contribution is 2.22. The minimum Gasteiger partial charge on any atom is -0.494 e. The molecule has 1 aromatic rings. The van der Waals surface area contributed by atoms with Gasteiger partial charge < -0.3 is 20.5 Å². The Morgan fingerprint density at radius 1 is 1.44 bits per heavy atom. The molecule has 0 amide bonds. The molecule has 1 atom stereocenters. The van der Waals surface area contributed by atoms with Gasteiger partial charge in [0.05, 0.1) is 12.7 Å². The molecule has 3 N–H and O–H groups in total. The van der Waals surface area contributed by atoms with Crippen molar-refractivity contribution in [2.75, 3.05) is 25.9 Å². The first-order valence-corrected chi connectivity index (χ1v) is 6.40. The SMILES string of the molecule is CCOc1ccc(N)cc1CN(C)CCC(C)O.